The number of hydrogen-bond acceptors (Lipinski definition) is 7. The van der Waals surface area contributed by atoms with Gasteiger partial charge in [0.05, 0.1) is 11.3 Å². The van der Waals surface area contributed by atoms with E-state index in [1.165, 1.54) is 33.2 Å². The fourth-order valence-corrected chi connectivity index (χ4v) is 4.70. The van der Waals surface area contributed by atoms with Crippen LogP contribution in [-0.2, 0) is 17.4 Å². The van der Waals surface area contributed by atoms with Gasteiger partial charge in [-0.25, -0.2) is 4.98 Å². The molecular weight excluding hydrogens is 461 g/mol. The second kappa shape index (κ2) is 8.83. The summed E-state index contributed by atoms with van der Waals surface area (Å²) in [6, 6.07) is 6.71. The molecule has 0 fully saturated rings. The number of alkyl halides is 3. The molecule has 166 valence electrons. The van der Waals surface area contributed by atoms with Gasteiger partial charge >= 0.3 is 6.18 Å². The van der Waals surface area contributed by atoms with Crippen molar-refractivity contribution in [3.05, 3.63) is 56.9 Å². The third-order valence-electron chi connectivity index (χ3n) is 4.54. The molecular formula is C21H17F3N4O2S2. The molecule has 4 aromatic rings. The van der Waals surface area contributed by atoms with Crippen molar-refractivity contribution < 1.29 is 22.4 Å². The van der Waals surface area contributed by atoms with E-state index in [-0.39, 0.29) is 36.1 Å². The minimum absolute atomic E-state index is 0.0301. The van der Waals surface area contributed by atoms with Crippen LogP contribution < -0.4 is 5.32 Å². The van der Waals surface area contributed by atoms with Crippen molar-refractivity contribution >= 4 is 33.7 Å². The van der Waals surface area contributed by atoms with Gasteiger partial charge in [0, 0.05) is 39.1 Å². The van der Waals surface area contributed by atoms with Crippen LogP contribution in [0.4, 0.5) is 18.3 Å². The topological polar surface area (TPSA) is 80.9 Å². The summed E-state index contributed by atoms with van der Waals surface area (Å²) in [7, 11) is 0. The van der Waals surface area contributed by atoms with E-state index < -0.39 is 11.7 Å². The second-order valence-electron chi connectivity index (χ2n) is 6.99. The molecule has 0 saturated carbocycles. The van der Waals surface area contributed by atoms with Gasteiger partial charge in [-0.2, -0.15) is 13.2 Å². The van der Waals surface area contributed by atoms with E-state index in [0.29, 0.717) is 5.13 Å². The van der Waals surface area contributed by atoms with Gasteiger partial charge in [-0.05, 0) is 38.1 Å². The highest BCUT2D eigenvalue weighted by Crippen LogP contribution is 2.33. The van der Waals surface area contributed by atoms with Gasteiger partial charge in [-0.15, -0.1) is 32.9 Å². The first-order valence-corrected chi connectivity index (χ1v) is 11.2. The Hall–Kier alpha value is -3.05. The zero-order valence-corrected chi connectivity index (χ0v) is 18.6. The minimum atomic E-state index is -4.46. The third kappa shape index (κ3) is 5.05. The lowest BCUT2D eigenvalue weighted by atomic mass is 10.1. The predicted molar refractivity (Wildman–Crippen MR) is 117 cm³/mol. The van der Waals surface area contributed by atoms with Crippen molar-refractivity contribution in [2.45, 2.75) is 32.9 Å². The summed E-state index contributed by atoms with van der Waals surface area (Å²) in [5.41, 5.74) is 1.23. The number of aromatic nitrogens is 3. The molecule has 0 aliphatic heterocycles. The number of benzene rings is 1. The highest BCUT2D eigenvalue weighted by Gasteiger charge is 2.30. The Morgan fingerprint density at radius 2 is 2.00 bits per heavy atom. The fourth-order valence-electron chi connectivity index (χ4n) is 3.04. The number of carbonyl (C=O) groups excluding carboxylic acids is 1. The molecule has 1 amide bonds. The monoisotopic (exact) mass is 478 g/mol. The average Bonchev–Trinajstić information content (AvgIpc) is 3.46. The Morgan fingerprint density at radius 1 is 1.19 bits per heavy atom. The van der Waals surface area contributed by atoms with E-state index in [0.717, 1.165) is 23.4 Å². The molecule has 32 heavy (non-hydrogen) atoms. The molecule has 1 N–H and O–H groups in total. The third-order valence-corrected chi connectivity index (χ3v) is 6.26. The standard InChI is InChI=1S/C21H17F3N4O2S2/c1-11-8-15(12(2)32-11)16-10-31-20(25-16)26-17(29)6-7-18-27-28-19(30-18)13-4-3-5-14(9-13)21(22,23)24/h3-5,8-10H,6-7H2,1-2H3,(H,25,26,29). The molecule has 0 aliphatic carbocycles. The number of nitrogens with one attached hydrogen (secondary N) is 1. The molecule has 0 aliphatic rings. The number of hydrogen-bond donors (Lipinski definition) is 1. The second-order valence-corrected chi connectivity index (χ2v) is 9.31. The smallest absolute Gasteiger partial charge is 0.416 e. The van der Waals surface area contributed by atoms with Crippen LogP contribution >= 0.6 is 22.7 Å². The molecule has 4 rings (SSSR count). The van der Waals surface area contributed by atoms with E-state index in [2.05, 4.69) is 26.6 Å². The SMILES string of the molecule is Cc1cc(-c2csc(NC(=O)CCc3nnc(-c4cccc(C(F)(F)F)c4)o3)n2)c(C)s1. The van der Waals surface area contributed by atoms with Gasteiger partial charge in [-0.3, -0.25) is 4.79 Å². The lowest BCUT2D eigenvalue weighted by Gasteiger charge is -2.06. The summed E-state index contributed by atoms with van der Waals surface area (Å²) in [4.78, 5) is 19.1. The number of anilines is 1. The Kier molecular flexibility index (Phi) is 6.11. The van der Waals surface area contributed by atoms with Gasteiger partial charge in [0.2, 0.25) is 17.7 Å². The van der Waals surface area contributed by atoms with Crippen LogP contribution in [0.2, 0.25) is 0 Å². The Labute approximate surface area is 189 Å². The maximum atomic E-state index is 12.9. The number of thiophene rings is 1. The Morgan fingerprint density at radius 3 is 2.72 bits per heavy atom. The van der Waals surface area contributed by atoms with Crippen LogP contribution in [-0.4, -0.2) is 21.1 Å². The lowest BCUT2D eigenvalue weighted by Crippen LogP contribution is -2.12. The van der Waals surface area contributed by atoms with Crippen LogP contribution in [0.15, 0.2) is 40.1 Å². The summed E-state index contributed by atoms with van der Waals surface area (Å²) in [5.74, 6) is -0.141. The average molecular weight is 479 g/mol. The number of nitrogens with zero attached hydrogens (tertiary/aromatic N) is 3. The number of rotatable bonds is 6. The molecule has 6 nitrogen and oxygen atoms in total. The maximum Gasteiger partial charge on any atom is 0.416 e. The maximum absolute atomic E-state index is 12.9. The highest BCUT2D eigenvalue weighted by atomic mass is 32.1. The van der Waals surface area contributed by atoms with Gasteiger partial charge in [0.25, 0.3) is 0 Å². The summed E-state index contributed by atoms with van der Waals surface area (Å²) in [6.45, 7) is 4.06. The number of thiazole rings is 1. The summed E-state index contributed by atoms with van der Waals surface area (Å²) in [6.07, 6.45) is -4.25. The van der Waals surface area contributed by atoms with E-state index in [9.17, 15) is 18.0 Å². The van der Waals surface area contributed by atoms with Crippen molar-refractivity contribution in [2.75, 3.05) is 5.32 Å². The minimum Gasteiger partial charge on any atom is -0.421 e. The zero-order chi connectivity index (χ0) is 22.9. The van der Waals surface area contributed by atoms with Crippen LogP contribution in [0.1, 0.15) is 27.6 Å². The molecule has 3 heterocycles. The van der Waals surface area contributed by atoms with Crippen LogP contribution in [0, 0.1) is 13.8 Å². The van der Waals surface area contributed by atoms with Gasteiger partial charge in [0.15, 0.2) is 5.13 Å². The predicted octanol–water partition coefficient (Wildman–Crippen LogP) is 6.13. The first-order valence-electron chi connectivity index (χ1n) is 9.52. The van der Waals surface area contributed by atoms with E-state index in [1.807, 2.05) is 19.2 Å². The molecule has 0 radical (unpaired) electrons. The normalized spacial score (nSPS) is 11.7. The first kappa shape index (κ1) is 22.2. The Bertz CT molecular complexity index is 1260. The molecule has 0 atom stereocenters. The molecule has 0 saturated heterocycles. The highest BCUT2D eigenvalue weighted by molar-refractivity contribution is 7.14. The number of carbonyl (C=O) groups is 1. The molecule has 11 heteroatoms. The molecule has 0 bridgehead atoms. The zero-order valence-electron chi connectivity index (χ0n) is 17.0. The summed E-state index contributed by atoms with van der Waals surface area (Å²) < 4.78 is 44.1. The van der Waals surface area contributed by atoms with Gasteiger partial charge < -0.3 is 9.73 Å². The van der Waals surface area contributed by atoms with Crippen LogP contribution in [0.3, 0.4) is 0 Å². The van der Waals surface area contributed by atoms with E-state index >= 15 is 0 Å². The summed E-state index contributed by atoms with van der Waals surface area (Å²) in [5, 5.41) is 12.8. The molecule has 1 aromatic carbocycles. The molecule has 3 aromatic heterocycles. The summed E-state index contributed by atoms with van der Waals surface area (Å²) >= 11 is 3.03. The Balaban J connectivity index is 1.36. The number of amides is 1. The fraction of sp³-hybridized carbons (Fsp3) is 0.238. The van der Waals surface area contributed by atoms with Gasteiger partial charge in [-0.1, -0.05) is 6.07 Å². The van der Waals surface area contributed by atoms with Crippen molar-refractivity contribution in [2.24, 2.45) is 0 Å². The molecule has 0 spiro atoms. The van der Waals surface area contributed by atoms with E-state index in [1.54, 1.807) is 11.3 Å². The van der Waals surface area contributed by atoms with Crippen molar-refractivity contribution in [3.8, 4) is 22.7 Å². The lowest BCUT2D eigenvalue weighted by molar-refractivity contribution is -0.137. The van der Waals surface area contributed by atoms with Crippen LogP contribution in [0.5, 0.6) is 0 Å². The van der Waals surface area contributed by atoms with E-state index in [4.69, 9.17) is 4.42 Å². The quantitative estimate of drug-likeness (QED) is 0.361. The number of halogens is 3. The first-order chi connectivity index (χ1) is 15.2. The van der Waals surface area contributed by atoms with Crippen LogP contribution in [0.25, 0.3) is 22.7 Å². The van der Waals surface area contributed by atoms with Gasteiger partial charge in [0.1, 0.15) is 0 Å². The van der Waals surface area contributed by atoms with Crippen molar-refractivity contribution in [1.82, 2.24) is 15.2 Å². The largest absolute Gasteiger partial charge is 0.421 e. The molecule has 0 unspecified atom stereocenters. The number of aryl methyl sites for hydroxylation is 3. The van der Waals surface area contributed by atoms with Crippen molar-refractivity contribution in [1.29, 1.82) is 0 Å². The van der Waals surface area contributed by atoms with Crippen molar-refractivity contribution in [3.63, 3.8) is 0 Å².